The normalized spacial score (nSPS) is 18.2. The average molecular weight is 447 g/mol. The molecule has 11 heteroatoms. The number of hydrogen-bond acceptors (Lipinski definition) is 10. The highest BCUT2D eigenvalue weighted by molar-refractivity contribution is 5.87. The number of carbonyl (C=O) groups is 1. The number of aliphatic hydroxyl groups is 1. The Hall–Kier alpha value is -4.12. The van der Waals surface area contributed by atoms with Crippen LogP contribution >= 0.6 is 0 Å². The quantitative estimate of drug-likeness (QED) is 0.468. The zero-order chi connectivity index (χ0) is 23.2. The highest BCUT2D eigenvalue weighted by Gasteiger charge is 2.48. The van der Waals surface area contributed by atoms with E-state index in [1.165, 1.54) is 4.90 Å². The first-order valence-electron chi connectivity index (χ1n) is 10.3. The average Bonchev–Trinajstić information content (AvgIpc) is 3.52. The summed E-state index contributed by atoms with van der Waals surface area (Å²) < 4.78 is 10.5. The van der Waals surface area contributed by atoms with Crippen molar-refractivity contribution in [2.45, 2.75) is 25.9 Å². The number of nitrogens with one attached hydrogen (secondary N) is 1. The van der Waals surface area contributed by atoms with Crippen LogP contribution < -0.4 is 5.32 Å². The van der Waals surface area contributed by atoms with Gasteiger partial charge in [-0.05, 0) is 32.0 Å². The first-order chi connectivity index (χ1) is 15.8. The van der Waals surface area contributed by atoms with Gasteiger partial charge in [0.1, 0.15) is 17.1 Å². The highest BCUT2D eigenvalue weighted by Crippen LogP contribution is 2.34. The number of hydrogen-bond donors (Lipinski definition) is 2. The number of aromatic nitrogens is 5. The second-order valence-electron chi connectivity index (χ2n) is 7.91. The van der Waals surface area contributed by atoms with Gasteiger partial charge in [-0.2, -0.15) is 0 Å². The Morgan fingerprint density at radius 3 is 2.52 bits per heavy atom. The Balaban J connectivity index is 1.43. The van der Waals surface area contributed by atoms with Crippen LogP contribution in [-0.2, 0) is 10.4 Å². The third kappa shape index (κ3) is 3.61. The summed E-state index contributed by atoms with van der Waals surface area (Å²) in [5.74, 6) is 0.708. The molecule has 11 nitrogen and oxygen atoms in total. The van der Waals surface area contributed by atoms with E-state index in [0.29, 0.717) is 52.4 Å². The molecule has 5 heterocycles. The van der Waals surface area contributed by atoms with Crippen molar-refractivity contribution in [3.8, 4) is 22.8 Å². The van der Waals surface area contributed by atoms with Crippen LogP contribution in [0.15, 0.2) is 45.6 Å². The van der Waals surface area contributed by atoms with Crippen molar-refractivity contribution in [1.29, 1.82) is 0 Å². The van der Waals surface area contributed by atoms with Crippen molar-refractivity contribution < 1.29 is 18.9 Å². The van der Waals surface area contributed by atoms with Crippen LogP contribution in [0, 0.1) is 13.8 Å². The molecule has 4 aromatic heterocycles. The Labute approximate surface area is 188 Å². The number of likely N-dealkylation sites (tertiary alicyclic amines) is 1. The minimum Gasteiger partial charge on any atom is -0.373 e. The van der Waals surface area contributed by atoms with E-state index < -0.39 is 11.5 Å². The second kappa shape index (κ2) is 7.78. The Kier molecular flexibility index (Phi) is 4.90. The Bertz CT molecular complexity index is 1330. The molecule has 0 spiro atoms. The Morgan fingerprint density at radius 2 is 1.82 bits per heavy atom. The molecule has 33 heavy (non-hydrogen) atoms. The lowest BCUT2D eigenvalue weighted by Gasteiger charge is -2.16. The van der Waals surface area contributed by atoms with Crippen molar-refractivity contribution in [3.63, 3.8) is 0 Å². The van der Waals surface area contributed by atoms with E-state index in [1.54, 1.807) is 38.4 Å². The van der Waals surface area contributed by atoms with Gasteiger partial charge in [0.2, 0.25) is 11.5 Å². The molecule has 0 aliphatic carbocycles. The molecule has 2 N–H and O–H groups in total. The van der Waals surface area contributed by atoms with E-state index in [9.17, 15) is 9.90 Å². The van der Waals surface area contributed by atoms with E-state index in [1.807, 2.05) is 19.1 Å². The van der Waals surface area contributed by atoms with Gasteiger partial charge in [0.05, 0.1) is 17.1 Å². The lowest BCUT2D eigenvalue weighted by atomic mass is 9.98. The summed E-state index contributed by atoms with van der Waals surface area (Å²) in [5, 5.41) is 21.9. The topological polar surface area (TPSA) is 143 Å². The maximum Gasteiger partial charge on any atom is 0.262 e. The smallest absolute Gasteiger partial charge is 0.262 e. The zero-order valence-electron chi connectivity index (χ0n) is 18.2. The fourth-order valence-corrected chi connectivity index (χ4v) is 3.73. The Morgan fingerprint density at radius 1 is 1.06 bits per heavy atom. The van der Waals surface area contributed by atoms with Gasteiger partial charge in [0.15, 0.2) is 11.5 Å². The van der Waals surface area contributed by atoms with Crippen LogP contribution in [0.1, 0.15) is 23.6 Å². The summed E-state index contributed by atoms with van der Waals surface area (Å²) in [5.41, 5.74) is 1.83. The molecule has 0 radical (unpaired) electrons. The number of aryl methyl sites for hydroxylation is 2. The van der Waals surface area contributed by atoms with Gasteiger partial charge < -0.3 is 24.4 Å². The van der Waals surface area contributed by atoms with Gasteiger partial charge in [0.25, 0.3) is 5.91 Å². The van der Waals surface area contributed by atoms with E-state index in [2.05, 4.69) is 30.6 Å². The number of rotatable bonds is 5. The molecular weight excluding hydrogens is 426 g/mol. The van der Waals surface area contributed by atoms with Crippen LogP contribution in [0.3, 0.4) is 0 Å². The predicted molar refractivity (Wildman–Crippen MR) is 116 cm³/mol. The number of likely N-dealkylation sites (N-methyl/N-ethyl adjacent to an activating group) is 1. The van der Waals surface area contributed by atoms with Gasteiger partial charge in [-0.1, -0.05) is 16.4 Å². The van der Waals surface area contributed by atoms with Crippen molar-refractivity contribution in [1.82, 2.24) is 30.2 Å². The minimum atomic E-state index is -1.71. The van der Waals surface area contributed by atoms with Crippen LogP contribution in [0.25, 0.3) is 22.8 Å². The molecular formula is C22H21N7O4. The molecule has 1 aliphatic heterocycles. The molecule has 168 valence electrons. The molecule has 4 aromatic rings. The molecule has 0 aromatic carbocycles. The maximum absolute atomic E-state index is 12.3. The first-order valence-corrected chi connectivity index (χ1v) is 10.3. The second-order valence-corrected chi connectivity index (χ2v) is 7.91. The highest BCUT2D eigenvalue weighted by atomic mass is 16.5. The number of pyridine rings is 1. The van der Waals surface area contributed by atoms with Crippen molar-refractivity contribution >= 4 is 17.5 Å². The third-order valence-electron chi connectivity index (χ3n) is 5.63. The largest absolute Gasteiger partial charge is 0.373 e. The molecule has 0 bridgehead atoms. The molecule has 5 rings (SSSR count). The SMILES string of the molecule is Cc1noc(C)c1Nc1nccc(-c2cccc(-c3cc([C@]4(O)CCN(C)C4=O)on3)n2)n1. The molecule has 1 atom stereocenters. The summed E-state index contributed by atoms with van der Waals surface area (Å²) in [4.78, 5) is 27.2. The van der Waals surface area contributed by atoms with Gasteiger partial charge in [0, 0.05) is 32.3 Å². The summed E-state index contributed by atoms with van der Waals surface area (Å²) in [6, 6.07) is 8.69. The third-order valence-corrected chi connectivity index (χ3v) is 5.63. The van der Waals surface area contributed by atoms with Crippen LogP contribution in [0.5, 0.6) is 0 Å². The van der Waals surface area contributed by atoms with E-state index >= 15 is 0 Å². The van der Waals surface area contributed by atoms with Gasteiger partial charge >= 0.3 is 0 Å². The van der Waals surface area contributed by atoms with Crippen molar-refractivity contribution in [2.75, 3.05) is 18.9 Å². The summed E-state index contributed by atoms with van der Waals surface area (Å²) >= 11 is 0. The van der Waals surface area contributed by atoms with Crippen LogP contribution in [-0.4, -0.2) is 54.8 Å². The first kappa shape index (κ1) is 20.8. The van der Waals surface area contributed by atoms with Gasteiger partial charge in [-0.15, -0.1) is 0 Å². The standard InChI is InChI=1S/C22H21N7O4/c1-12-19(13(2)32-27-12)26-21-23-9-7-16(25-21)14-5-4-6-15(24-14)17-11-18(33-28-17)22(31)8-10-29(3)20(22)30/h4-7,9,11,31H,8,10H2,1-3H3,(H,23,25,26)/t22-/m1/s1. The van der Waals surface area contributed by atoms with Crippen molar-refractivity contribution in [2.24, 2.45) is 0 Å². The summed E-state index contributed by atoms with van der Waals surface area (Å²) in [6.45, 7) is 4.07. The zero-order valence-corrected chi connectivity index (χ0v) is 18.2. The van der Waals surface area contributed by atoms with Crippen LogP contribution in [0.2, 0.25) is 0 Å². The molecule has 1 fully saturated rings. The molecule has 0 unspecified atom stereocenters. The van der Waals surface area contributed by atoms with E-state index in [-0.39, 0.29) is 12.2 Å². The fourth-order valence-electron chi connectivity index (χ4n) is 3.73. The van der Waals surface area contributed by atoms with Crippen molar-refractivity contribution in [3.05, 3.63) is 53.7 Å². The number of anilines is 2. The summed E-state index contributed by atoms with van der Waals surface area (Å²) in [7, 11) is 1.64. The molecule has 1 amide bonds. The van der Waals surface area contributed by atoms with E-state index in [4.69, 9.17) is 9.05 Å². The monoisotopic (exact) mass is 447 g/mol. The molecule has 1 saturated heterocycles. The van der Waals surface area contributed by atoms with Gasteiger partial charge in [-0.25, -0.2) is 15.0 Å². The van der Waals surface area contributed by atoms with E-state index in [0.717, 1.165) is 0 Å². The van der Waals surface area contributed by atoms with Crippen LogP contribution in [0.4, 0.5) is 11.6 Å². The van der Waals surface area contributed by atoms with Gasteiger partial charge in [-0.3, -0.25) is 4.79 Å². The molecule has 1 aliphatic rings. The maximum atomic E-state index is 12.3. The lowest BCUT2D eigenvalue weighted by Crippen LogP contribution is -2.35. The minimum absolute atomic E-state index is 0.104. The fraction of sp³-hybridized carbons (Fsp3) is 0.273. The lowest BCUT2D eigenvalue weighted by molar-refractivity contribution is -0.144. The summed E-state index contributed by atoms with van der Waals surface area (Å²) in [6.07, 6.45) is 1.87. The predicted octanol–water partition coefficient (Wildman–Crippen LogP) is 2.59. The number of nitrogens with zero attached hydrogens (tertiary/aromatic N) is 6. The number of amides is 1. The molecule has 0 saturated carbocycles. The number of carbonyl (C=O) groups excluding carboxylic acids is 1.